The van der Waals surface area contributed by atoms with Crippen LogP contribution in [0.2, 0.25) is 0 Å². The zero-order chi connectivity index (χ0) is 14.6. The Bertz CT molecular complexity index is 446. The number of rotatable bonds is 5. The van der Waals surface area contributed by atoms with E-state index in [0.717, 1.165) is 30.4 Å². The van der Waals surface area contributed by atoms with Crippen molar-refractivity contribution in [1.82, 2.24) is 0 Å². The summed E-state index contributed by atoms with van der Waals surface area (Å²) < 4.78 is 45.3. The van der Waals surface area contributed by atoms with E-state index in [2.05, 4.69) is 4.74 Å². The van der Waals surface area contributed by atoms with Gasteiger partial charge in [-0.15, -0.1) is 0 Å². The minimum Gasteiger partial charge on any atom is -0.491 e. The maximum absolute atomic E-state index is 11.8. The van der Waals surface area contributed by atoms with Gasteiger partial charge in [-0.25, -0.2) is 0 Å². The van der Waals surface area contributed by atoms with Crippen LogP contribution in [-0.4, -0.2) is 31.1 Å². The quantitative estimate of drug-likeness (QED) is 0.847. The zero-order valence-corrected chi connectivity index (χ0v) is 10.9. The van der Waals surface area contributed by atoms with Gasteiger partial charge < -0.3 is 14.6 Å². The van der Waals surface area contributed by atoms with Crippen molar-refractivity contribution >= 4 is 0 Å². The molecule has 1 aromatic rings. The van der Waals surface area contributed by atoms with Gasteiger partial charge in [-0.1, -0.05) is 6.07 Å². The first-order valence-corrected chi connectivity index (χ1v) is 6.54. The van der Waals surface area contributed by atoms with Crippen LogP contribution < -0.4 is 4.74 Å². The Balaban J connectivity index is 1.81. The fourth-order valence-electron chi connectivity index (χ4n) is 2.25. The van der Waals surface area contributed by atoms with Crippen molar-refractivity contribution in [3.05, 3.63) is 29.3 Å². The third kappa shape index (κ3) is 4.38. The minimum absolute atomic E-state index is 0.0466. The van der Waals surface area contributed by atoms with Crippen molar-refractivity contribution in [1.29, 1.82) is 0 Å². The summed E-state index contributed by atoms with van der Waals surface area (Å²) in [7, 11) is 0. The number of ether oxygens (including phenoxy) is 2. The molecule has 0 radical (unpaired) electrons. The zero-order valence-electron chi connectivity index (χ0n) is 10.9. The monoisotopic (exact) mass is 290 g/mol. The molecule has 1 aromatic carbocycles. The summed E-state index contributed by atoms with van der Waals surface area (Å²) >= 11 is 0. The second kappa shape index (κ2) is 6.45. The number of fused-ring (bicyclic) bond motifs is 1. The fraction of sp³-hybridized carbons (Fsp3) is 0.571. The van der Waals surface area contributed by atoms with E-state index in [1.807, 2.05) is 6.07 Å². The number of hydrogen-bond acceptors (Lipinski definition) is 3. The van der Waals surface area contributed by atoms with Crippen molar-refractivity contribution < 1.29 is 27.8 Å². The Morgan fingerprint density at radius 2 is 2.05 bits per heavy atom. The molecule has 0 fully saturated rings. The maximum atomic E-state index is 11.8. The van der Waals surface area contributed by atoms with Crippen LogP contribution in [0.15, 0.2) is 18.2 Å². The van der Waals surface area contributed by atoms with Crippen molar-refractivity contribution in [3.8, 4) is 5.75 Å². The molecule has 0 amide bonds. The Hall–Kier alpha value is -1.27. The molecule has 1 N–H and O–H groups in total. The fourth-order valence-corrected chi connectivity index (χ4v) is 2.25. The molecule has 3 nitrogen and oxygen atoms in total. The van der Waals surface area contributed by atoms with Gasteiger partial charge in [0.1, 0.15) is 19.0 Å². The summed E-state index contributed by atoms with van der Waals surface area (Å²) in [5.41, 5.74) is 1.95. The highest BCUT2D eigenvalue weighted by Gasteiger charge is 2.27. The number of alkyl halides is 3. The van der Waals surface area contributed by atoms with Crippen molar-refractivity contribution in [3.63, 3.8) is 0 Å². The predicted octanol–water partition coefficient (Wildman–Crippen LogP) is 3.01. The van der Waals surface area contributed by atoms with E-state index in [9.17, 15) is 18.3 Å². The first-order chi connectivity index (χ1) is 9.46. The molecule has 0 spiro atoms. The lowest BCUT2D eigenvalue weighted by atomic mass is 9.89. The maximum Gasteiger partial charge on any atom is 0.411 e. The molecule has 0 aromatic heterocycles. The third-order valence-electron chi connectivity index (χ3n) is 3.16. The molecule has 0 heterocycles. The van der Waals surface area contributed by atoms with Crippen LogP contribution in [0.4, 0.5) is 13.2 Å². The number of aliphatic hydroxyl groups is 1. The molecule has 0 aliphatic heterocycles. The molecule has 1 atom stereocenters. The topological polar surface area (TPSA) is 38.7 Å². The molecular formula is C14H17F3O3. The summed E-state index contributed by atoms with van der Waals surface area (Å²) in [5, 5.41) is 9.88. The smallest absolute Gasteiger partial charge is 0.411 e. The van der Waals surface area contributed by atoms with Gasteiger partial charge in [0.25, 0.3) is 0 Å². The van der Waals surface area contributed by atoms with E-state index in [0.29, 0.717) is 5.75 Å². The standard InChI is InChI=1S/C14H17F3O3/c15-14(16,17)9-19-6-7-20-11-5-4-10-2-1-3-13(18)12(10)8-11/h4-5,8,13,18H,1-3,6-7,9H2/t13-/m0/s1. The first kappa shape index (κ1) is 15.1. The van der Waals surface area contributed by atoms with Gasteiger partial charge in [0.2, 0.25) is 0 Å². The van der Waals surface area contributed by atoms with Crippen LogP contribution in [0.1, 0.15) is 30.1 Å². The Morgan fingerprint density at radius 1 is 1.25 bits per heavy atom. The molecule has 0 saturated heterocycles. The van der Waals surface area contributed by atoms with Gasteiger partial charge >= 0.3 is 6.18 Å². The molecule has 6 heteroatoms. The second-order valence-corrected chi connectivity index (χ2v) is 4.78. The van der Waals surface area contributed by atoms with Gasteiger partial charge in [-0.2, -0.15) is 13.2 Å². The number of hydrogen-bond donors (Lipinski definition) is 1. The number of benzene rings is 1. The third-order valence-corrected chi connectivity index (χ3v) is 3.16. The lowest BCUT2D eigenvalue weighted by Crippen LogP contribution is -2.19. The van der Waals surface area contributed by atoms with E-state index in [-0.39, 0.29) is 13.2 Å². The number of halogens is 3. The lowest BCUT2D eigenvalue weighted by Gasteiger charge is -2.22. The van der Waals surface area contributed by atoms with Crippen LogP contribution in [0.5, 0.6) is 5.75 Å². The summed E-state index contributed by atoms with van der Waals surface area (Å²) in [6.07, 6.45) is -2.17. The highest BCUT2D eigenvalue weighted by molar-refractivity contribution is 5.38. The summed E-state index contributed by atoms with van der Waals surface area (Å²) in [6, 6.07) is 5.41. The first-order valence-electron chi connectivity index (χ1n) is 6.54. The van der Waals surface area contributed by atoms with Crippen molar-refractivity contribution in [2.75, 3.05) is 19.8 Å². The molecule has 2 rings (SSSR count). The van der Waals surface area contributed by atoms with Gasteiger partial charge in [-0.3, -0.25) is 0 Å². The highest BCUT2D eigenvalue weighted by atomic mass is 19.4. The Morgan fingerprint density at radius 3 is 2.80 bits per heavy atom. The summed E-state index contributed by atoms with van der Waals surface area (Å²) in [6.45, 7) is -1.34. The number of aryl methyl sites for hydroxylation is 1. The molecule has 0 unspecified atom stereocenters. The molecular weight excluding hydrogens is 273 g/mol. The van der Waals surface area contributed by atoms with E-state index in [4.69, 9.17) is 4.74 Å². The van der Waals surface area contributed by atoms with Crippen LogP contribution in [0.25, 0.3) is 0 Å². The molecule has 0 bridgehead atoms. The van der Waals surface area contributed by atoms with Crippen LogP contribution in [-0.2, 0) is 11.2 Å². The van der Waals surface area contributed by atoms with Gasteiger partial charge in [0, 0.05) is 0 Å². The van der Waals surface area contributed by atoms with Crippen LogP contribution in [0, 0.1) is 0 Å². The average Bonchev–Trinajstić information content (AvgIpc) is 2.38. The van der Waals surface area contributed by atoms with Gasteiger partial charge in [-0.05, 0) is 42.5 Å². The summed E-state index contributed by atoms with van der Waals surface area (Å²) in [5.74, 6) is 0.542. The molecule has 1 aliphatic carbocycles. The molecule has 112 valence electrons. The normalized spacial score (nSPS) is 18.7. The Kier molecular flexibility index (Phi) is 4.88. The summed E-state index contributed by atoms with van der Waals surface area (Å²) in [4.78, 5) is 0. The SMILES string of the molecule is O[C@H]1CCCc2ccc(OCCOCC(F)(F)F)cc21. The van der Waals surface area contributed by atoms with Crippen LogP contribution >= 0.6 is 0 Å². The Labute approximate surface area is 115 Å². The van der Waals surface area contributed by atoms with E-state index < -0.39 is 18.9 Å². The predicted molar refractivity (Wildman–Crippen MR) is 66.7 cm³/mol. The van der Waals surface area contributed by atoms with E-state index in [1.165, 1.54) is 0 Å². The number of aliphatic hydroxyl groups excluding tert-OH is 1. The highest BCUT2D eigenvalue weighted by Crippen LogP contribution is 2.32. The molecule has 0 saturated carbocycles. The van der Waals surface area contributed by atoms with E-state index >= 15 is 0 Å². The largest absolute Gasteiger partial charge is 0.491 e. The molecule has 1 aliphatic rings. The average molecular weight is 290 g/mol. The van der Waals surface area contributed by atoms with Gasteiger partial charge in [0.05, 0.1) is 12.7 Å². The van der Waals surface area contributed by atoms with Crippen LogP contribution in [0.3, 0.4) is 0 Å². The van der Waals surface area contributed by atoms with Crippen molar-refractivity contribution in [2.45, 2.75) is 31.5 Å². The molecule has 20 heavy (non-hydrogen) atoms. The van der Waals surface area contributed by atoms with Gasteiger partial charge in [0.15, 0.2) is 0 Å². The lowest BCUT2D eigenvalue weighted by molar-refractivity contribution is -0.175. The minimum atomic E-state index is -4.31. The van der Waals surface area contributed by atoms with E-state index in [1.54, 1.807) is 12.1 Å². The second-order valence-electron chi connectivity index (χ2n) is 4.78. The van der Waals surface area contributed by atoms with Crippen molar-refractivity contribution in [2.24, 2.45) is 0 Å².